The molecule has 2 rings (SSSR count). The molecular weight excluding hydrogens is 305 g/mol. The molecular formula is C14H12Cl3NO. The second-order valence-corrected chi connectivity index (χ2v) is 5.04. The van der Waals surface area contributed by atoms with E-state index in [2.05, 4.69) is 4.98 Å². The molecule has 0 aliphatic heterocycles. The van der Waals surface area contributed by atoms with Gasteiger partial charge in [-0.05, 0) is 24.3 Å². The number of hydrogen-bond donors (Lipinski definition) is 0. The second kappa shape index (κ2) is 6.99. The van der Waals surface area contributed by atoms with E-state index in [1.165, 1.54) is 0 Å². The first kappa shape index (κ1) is 14.4. The van der Waals surface area contributed by atoms with E-state index < -0.39 is 0 Å². The van der Waals surface area contributed by atoms with Crippen molar-refractivity contribution < 1.29 is 4.74 Å². The highest BCUT2D eigenvalue weighted by atomic mass is 35.5. The molecule has 0 atom stereocenters. The third-order valence-electron chi connectivity index (χ3n) is 2.56. The Balaban J connectivity index is 2.03. The zero-order chi connectivity index (χ0) is 13.7. The molecule has 1 aromatic heterocycles. The van der Waals surface area contributed by atoms with E-state index >= 15 is 0 Å². The Hall–Kier alpha value is -0.960. The summed E-state index contributed by atoms with van der Waals surface area (Å²) in [6.45, 7) is 0.488. The number of halogens is 3. The molecule has 5 heteroatoms. The van der Waals surface area contributed by atoms with Gasteiger partial charge in [0.05, 0.1) is 17.5 Å². The van der Waals surface area contributed by atoms with Crippen LogP contribution in [0.3, 0.4) is 0 Å². The van der Waals surface area contributed by atoms with Gasteiger partial charge >= 0.3 is 0 Å². The zero-order valence-corrected chi connectivity index (χ0v) is 12.3. The SMILES string of the molecule is ClCc1cc(Cl)cc(Cl)c1OCCc1ccccn1. The fourth-order valence-electron chi connectivity index (χ4n) is 1.68. The molecule has 0 spiro atoms. The van der Waals surface area contributed by atoms with Crippen LogP contribution in [-0.2, 0) is 12.3 Å². The predicted molar refractivity (Wildman–Crippen MR) is 79.5 cm³/mol. The number of aromatic nitrogens is 1. The van der Waals surface area contributed by atoms with Gasteiger partial charge in [0, 0.05) is 28.9 Å². The minimum absolute atomic E-state index is 0.305. The van der Waals surface area contributed by atoms with Crippen LogP contribution in [-0.4, -0.2) is 11.6 Å². The molecule has 0 radical (unpaired) electrons. The van der Waals surface area contributed by atoms with Crippen molar-refractivity contribution in [3.63, 3.8) is 0 Å². The second-order valence-electron chi connectivity index (χ2n) is 3.93. The van der Waals surface area contributed by atoms with Crippen molar-refractivity contribution in [3.8, 4) is 5.75 Å². The van der Waals surface area contributed by atoms with Crippen molar-refractivity contribution in [2.75, 3.05) is 6.61 Å². The smallest absolute Gasteiger partial charge is 0.142 e. The summed E-state index contributed by atoms with van der Waals surface area (Å²) in [5, 5.41) is 1.03. The molecule has 0 unspecified atom stereocenters. The molecule has 0 N–H and O–H groups in total. The van der Waals surface area contributed by atoms with Gasteiger partial charge in [0.15, 0.2) is 0 Å². The van der Waals surface area contributed by atoms with Crippen molar-refractivity contribution >= 4 is 34.8 Å². The summed E-state index contributed by atoms with van der Waals surface area (Å²) in [5.41, 5.74) is 1.76. The van der Waals surface area contributed by atoms with Crippen LogP contribution in [0.2, 0.25) is 10.0 Å². The average molecular weight is 317 g/mol. The summed E-state index contributed by atoms with van der Waals surface area (Å²) in [6, 6.07) is 9.19. The van der Waals surface area contributed by atoms with Gasteiger partial charge < -0.3 is 4.74 Å². The molecule has 1 heterocycles. The lowest BCUT2D eigenvalue weighted by atomic mass is 10.2. The lowest BCUT2D eigenvalue weighted by molar-refractivity contribution is 0.318. The first-order valence-electron chi connectivity index (χ1n) is 5.77. The molecule has 0 fully saturated rings. The van der Waals surface area contributed by atoms with Crippen molar-refractivity contribution in [2.24, 2.45) is 0 Å². The molecule has 0 aliphatic rings. The third kappa shape index (κ3) is 4.00. The number of rotatable bonds is 5. The van der Waals surface area contributed by atoms with Gasteiger partial charge in [0.2, 0.25) is 0 Å². The van der Waals surface area contributed by atoms with E-state index in [4.69, 9.17) is 39.5 Å². The van der Waals surface area contributed by atoms with Gasteiger partial charge in [-0.15, -0.1) is 11.6 Å². The maximum absolute atomic E-state index is 6.11. The Morgan fingerprint density at radius 3 is 2.68 bits per heavy atom. The molecule has 2 aromatic rings. The molecule has 0 bridgehead atoms. The summed E-state index contributed by atoms with van der Waals surface area (Å²) in [5.74, 6) is 0.899. The summed E-state index contributed by atoms with van der Waals surface area (Å²) in [4.78, 5) is 4.23. The van der Waals surface area contributed by atoms with Crippen molar-refractivity contribution in [1.29, 1.82) is 0 Å². The Kier molecular flexibility index (Phi) is 5.32. The van der Waals surface area contributed by atoms with Crippen molar-refractivity contribution in [3.05, 3.63) is 57.8 Å². The lowest BCUT2D eigenvalue weighted by Crippen LogP contribution is -2.04. The summed E-state index contributed by atoms with van der Waals surface area (Å²) < 4.78 is 5.70. The highest BCUT2D eigenvalue weighted by molar-refractivity contribution is 6.36. The average Bonchev–Trinajstić information content (AvgIpc) is 2.42. The van der Waals surface area contributed by atoms with Gasteiger partial charge in [-0.25, -0.2) is 0 Å². The number of benzene rings is 1. The number of pyridine rings is 1. The molecule has 19 heavy (non-hydrogen) atoms. The maximum Gasteiger partial charge on any atom is 0.142 e. The van der Waals surface area contributed by atoms with E-state index in [9.17, 15) is 0 Å². The first-order valence-corrected chi connectivity index (χ1v) is 7.06. The molecule has 0 saturated carbocycles. The molecule has 0 amide bonds. The zero-order valence-electron chi connectivity index (χ0n) is 10.1. The maximum atomic E-state index is 6.11. The van der Waals surface area contributed by atoms with Crippen LogP contribution in [0.5, 0.6) is 5.75 Å². The fourth-order valence-corrected chi connectivity index (χ4v) is 2.47. The molecule has 100 valence electrons. The number of nitrogens with zero attached hydrogens (tertiary/aromatic N) is 1. The van der Waals surface area contributed by atoms with Crippen LogP contribution in [0.25, 0.3) is 0 Å². The van der Waals surface area contributed by atoms with Gasteiger partial charge in [0.25, 0.3) is 0 Å². The van der Waals surface area contributed by atoms with E-state index in [0.29, 0.717) is 34.7 Å². The van der Waals surface area contributed by atoms with Gasteiger partial charge in [0.1, 0.15) is 5.75 Å². The minimum Gasteiger partial charge on any atom is -0.491 e. The van der Waals surface area contributed by atoms with Crippen LogP contribution in [0, 0.1) is 0 Å². The number of ether oxygens (including phenoxy) is 1. The van der Waals surface area contributed by atoms with E-state index in [1.54, 1.807) is 18.3 Å². The molecule has 2 nitrogen and oxygen atoms in total. The highest BCUT2D eigenvalue weighted by Crippen LogP contribution is 2.33. The monoisotopic (exact) mass is 315 g/mol. The predicted octanol–water partition coefficient (Wildman–Crippen LogP) is 4.75. The first-order chi connectivity index (χ1) is 9.20. The Bertz CT molecular complexity index is 546. The topological polar surface area (TPSA) is 22.1 Å². The van der Waals surface area contributed by atoms with E-state index in [-0.39, 0.29) is 0 Å². The van der Waals surface area contributed by atoms with Gasteiger partial charge in [-0.1, -0.05) is 29.3 Å². The quantitative estimate of drug-likeness (QED) is 0.743. The van der Waals surface area contributed by atoms with E-state index in [0.717, 1.165) is 11.3 Å². The summed E-state index contributed by atoms with van der Waals surface area (Å²) in [6.07, 6.45) is 2.47. The van der Waals surface area contributed by atoms with E-state index in [1.807, 2.05) is 18.2 Å². The van der Waals surface area contributed by atoms with Crippen LogP contribution in [0.15, 0.2) is 36.5 Å². The third-order valence-corrected chi connectivity index (χ3v) is 3.35. The van der Waals surface area contributed by atoms with Crippen LogP contribution < -0.4 is 4.74 Å². The Labute approximate surface area is 127 Å². The Morgan fingerprint density at radius 2 is 2.00 bits per heavy atom. The lowest BCUT2D eigenvalue weighted by Gasteiger charge is -2.12. The Morgan fingerprint density at radius 1 is 1.16 bits per heavy atom. The standard InChI is InChI=1S/C14H12Cl3NO/c15-9-10-7-11(16)8-13(17)14(10)19-6-4-12-3-1-2-5-18-12/h1-3,5,7-8H,4,6,9H2. The van der Waals surface area contributed by atoms with Crippen molar-refractivity contribution in [1.82, 2.24) is 4.98 Å². The van der Waals surface area contributed by atoms with Gasteiger partial charge in [-0.3, -0.25) is 4.98 Å². The van der Waals surface area contributed by atoms with Crippen molar-refractivity contribution in [2.45, 2.75) is 12.3 Å². The fraction of sp³-hybridized carbons (Fsp3) is 0.214. The van der Waals surface area contributed by atoms with Gasteiger partial charge in [-0.2, -0.15) is 0 Å². The number of alkyl halides is 1. The summed E-state index contributed by atoms with van der Waals surface area (Å²) in [7, 11) is 0. The minimum atomic E-state index is 0.305. The number of hydrogen-bond acceptors (Lipinski definition) is 2. The molecule has 0 saturated heterocycles. The highest BCUT2D eigenvalue weighted by Gasteiger charge is 2.10. The normalized spacial score (nSPS) is 10.5. The molecule has 0 aliphatic carbocycles. The molecule has 1 aromatic carbocycles. The summed E-state index contributed by atoms with van der Waals surface area (Å²) >= 11 is 17.9. The van der Waals surface area contributed by atoms with Crippen LogP contribution >= 0.6 is 34.8 Å². The van der Waals surface area contributed by atoms with Crippen LogP contribution in [0.4, 0.5) is 0 Å². The van der Waals surface area contributed by atoms with Crippen LogP contribution in [0.1, 0.15) is 11.3 Å². The largest absolute Gasteiger partial charge is 0.491 e.